The molecular formula is C26H21BrClFN2O2. The summed E-state index contributed by atoms with van der Waals surface area (Å²) >= 11 is 9.37. The van der Waals surface area contributed by atoms with E-state index in [0.29, 0.717) is 33.7 Å². The van der Waals surface area contributed by atoms with E-state index < -0.39 is 17.2 Å². The number of hydrogen-bond acceptors (Lipinski definition) is 3. The molecule has 2 atom stereocenters. The van der Waals surface area contributed by atoms with Gasteiger partial charge in [0.15, 0.2) is 0 Å². The summed E-state index contributed by atoms with van der Waals surface area (Å²) in [6.07, 6.45) is 0. The molecule has 0 spiro atoms. The maximum Gasteiger partial charge on any atom is 0.314 e. The van der Waals surface area contributed by atoms with Crippen molar-refractivity contribution in [3.05, 3.63) is 104 Å². The molecule has 4 rings (SSSR count). The molecule has 1 aliphatic rings. The molecule has 3 aromatic rings. The lowest BCUT2D eigenvalue weighted by molar-refractivity contribution is -0.149. The van der Waals surface area contributed by atoms with Crippen molar-refractivity contribution in [2.45, 2.75) is 18.4 Å². The lowest BCUT2D eigenvalue weighted by atomic mass is 9.67. The molecule has 33 heavy (non-hydrogen) atoms. The van der Waals surface area contributed by atoms with Gasteiger partial charge in [0.2, 0.25) is 0 Å². The lowest BCUT2D eigenvalue weighted by Gasteiger charge is -2.50. The third-order valence-electron chi connectivity index (χ3n) is 6.52. The molecule has 4 nitrogen and oxygen atoms in total. The molecule has 1 N–H and O–H groups in total. The Morgan fingerprint density at radius 2 is 1.88 bits per heavy atom. The second-order valence-electron chi connectivity index (χ2n) is 8.51. The highest BCUT2D eigenvalue weighted by Crippen LogP contribution is 2.44. The first-order valence-electron chi connectivity index (χ1n) is 10.4. The summed E-state index contributed by atoms with van der Waals surface area (Å²) in [5.41, 5.74) is 1.68. The van der Waals surface area contributed by atoms with Crippen LogP contribution in [0.15, 0.2) is 71.2 Å². The van der Waals surface area contributed by atoms with E-state index in [-0.39, 0.29) is 12.0 Å². The molecule has 1 aliphatic heterocycles. The van der Waals surface area contributed by atoms with E-state index in [1.807, 2.05) is 42.5 Å². The number of carboxylic acids is 1. The van der Waals surface area contributed by atoms with Crippen molar-refractivity contribution >= 4 is 33.5 Å². The Bertz CT molecular complexity index is 1220. The van der Waals surface area contributed by atoms with Gasteiger partial charge in [-0.3, -0.25) is 9.69 Å². The van der Waals surface area contributed by atoms with Crippen LogP contribution in [-0.4, -0.2) is 29.1 Å². The number of carboxylic acid groups (broad SMARTS) is 1. The first-order chi connectivity index (χ1) is 15.7. The van der Waals surface area contributed by atoms with Crippen LogP contribution in [0, 0.1) is 23.1 Å². The van der Waals surface area contributed by atoms with Crippen LogP contribution in [0.2, 0.25) is 5.02 Å². The zero-order valence-electron chi connectivity index (χ0n) is 17.8. The Kier molecular flexibility index (Phi) is 6.58. The Labute approximate surface area is 205 Å². The molecule has 3 aromatic carbocycles. The lowest BCUT2D eigenvalue weighted by Crippen LogP contribution is -2.59. The van der Waals surface area contributed by atoms with Crippen LogP contribution in [0.5, 0.6) is 0 Å². The Balaban J connectivity index is 1.68. The highest BCUT2D eigenvalue weighted by atomic mass is 79.9. The molecule has 7 heteroatoms. The minimum absolute atomic E-state index is 0.163. The molecule has 0 amide bonds. The summed E-state index contributed by atoms with van der Waals surface area (Å²) in [6, 6.07) is 21.3. The molecule has 1 saturated heterocycles. The number of likely N-dealkylation sites (tertiary alicyclic amines) is 1. The molecular weight excluding hydrogens is 507 g/mol. The van der Waals surface area contributed by atoms with Gasteiger partial charge >= 0.3 is 5.97 Å². The van der Waals surface area contributed by atoms with Gasteiger partial charge < -0.3 is 5.11 Å². The van der Waals surface area contributed by atoms with Crippen molar-refractivity contribution in [2.24, 2.45) is 5.92 Å². The number of rotatable bonds is 6. The van der Waals surface area contributed by atoms with E-state index in [9.17, 15) is 19.6 Å². The Hall–Kier alpha value is -2.72. The van der Waals surface area contributed by atoms with Gasteiger partial charge in [0.05, 0.1) is 23.1 Å². The van der Waals surface area contributed by atoms with Crippen molar-refractivity contribution in [1.82, 2.24) is 4.90 Å². The first kappa shape index (κ1) is 23.4. The predicted molar refractivity (Wildman–Crippen MR) is 129 cm³/mol. The summed E-state index contributed by atoms with van der Waals surface area (Å²) in [5.74, 6) is -1.69. The highest BCUT2D eigenvalue weighted by molar-refractivity contribution is 9.10. The third-order valence-corrected chi connectivity index (χ3v) is 7.22. The van der Waals surface area contributed by atoms with E-state index in [4.69, 9.17) is 11.6 Å². The zero-order chi connectivity index (χ0) is 23.8. The SMILES string of the molecule is C[C@](C(=O)O)(c1cc(F)cc(Br)c1)C1CN([C@@H](c2ccc(Cl)cc2)c2cccc(C#N)c2)C1. The van der Waals surface area contributed by atoms with Crippen LogP contribution >= 0.6 is 27.5 Å². The normalized spacial score (nSPS) is 16.9. The highest BCUT2D eigenvalue weighted by Gasteiger charge is 2.50. The van der Waals surface area contributed by atoms with Crippen molar-refractivity contribution in [3.8, 4) is 6.07 Å². The quantitative estimate of drug-likeness (QED) is 0.416. The van der Waals surface area contributed by atoms with E-state index in [1.165, 1.54) is 12.1 Å². The van der Waals surface area contributed by atoms with Gasteiger partial charge in [0.1, 0.15) is 5.82 Å². The molecule has 0 aliphatic carbocycles. The largest absolute Gasteiger partial charge is 0.481 e. The fourth-order valence-electron chi connectivity index (χ4n) is 4.51. The van der Waals surface area contributed by atoms with Gasteiger partial charge in [-0.1, -0.05) is 51.8 Å². The zero-order valence-corrected chi connectivity index (χ0v) is 20.1. The maximum absolute atomic E-state index is 14.1. The molecule has 0 saturated carbocycles. The molecule has 1 fully saturated rings. The Morgan fingerprint density at radius 1 is 1.18 bits per heavy atom. The van der Waals surface area contributed by atoms with E-state index in [0.717, 1.165) is 11.1 Å². The van der Waals surface area contributed by atoms with E-state index in [1.54, 1.807) is 19.1 Å². The summed E-state index contributed by atoms with van der Waals surface area (Å²) < 4.78 is 14.6. The third kappa shape index (κ3) is 4.54. The van der Waals surface area contributed by atoms with Crippen LogP contribution in [0.1, 0.15) is 35.2 Å². The standard InChI is InChI=1S/C26H21BrClFN2O2/c1-26(25(32)33,19-10-21(27)12-23(29)11-19)20-14-31(15-20)24(17-5-7-22(28)8-6-17)18-4-2-3-16(9-18)13-30/h2-12,20,24H,14-15H2,1H3,(H,32,33)/t24-,26-/m0/s1. The molecule has 0 bridgehead atoms. The fraction of sp³-hybridized carbons (Fsp3) is 0.231. The predicted octanol–water partition coefficient (Wildman–Crippen LogP) is 6.18. The average molecular weight is 528 g/mol. The van der Waals surface area contributed by atoms with Gasteiger partial charge in [-0.25, -0.2) is 4.39 Å². The first-order valence-corrected chi connectivity index (χ1v) is 11.6. The van der Waals surface area contributed by atoms with Crippen molar-refractivity contribution in [3.63, 3.8) is 0 Å². The topological polar surface area (TPSA) is 64.3 Å². The number of aliphatic carboxylic acids is 1. The number of nitrogens with zero attached hydrogens (tertiary/aromatic N) is 2. The molecule has 0 radical (unpaired) electrons. The van der Waals surface area contributed by atoms with Crippen molar-refractivity contribution < 1.29 is 14.3 Å². The van der Waals surface area contributed by atoms with Crippen LogP contribution in [0.3, 0.4) is 0 Å². The number of nitriles is 1. The van der Waals surface area contributed by atoms with Crippen LogP contribution < -0.4 is 0 Å². The number of carbonyl (C=O) groups is 1. The monoisotopic (exact) mass is 526 g/mol. The van der Waals surface area contributed by atoms with Crippen LogP contribution in [0.25, 0.3) is 0 Å². The van der Waals surface area contributed by atoms with E-state index >= 15 is 0 Å². The number of benzene rings is 3. The average Bonchev–Trinajstić information content (AvgIpc) is 2.75. The van der Waals surface area contributed by atoms with E-state index in [2.05, 4.69) is 26.9 Å². The summed E-state index contributed by atoms with van der Waals surface area (Å²) in [5, 5.41) is 20.1. The summed E-state index contributed by atoms with van der Waals surface area (Å²) in [7, 11) is 0. The second-order valence-corrected chi connectivity index (χ2v) is 9.86. The van der Waals surface area contributed by atoms with Gasteiger partial charge in [-0.2, -0.15) is 5.26 Å². The molecule has 0 aromatic heterocycles. The van der Waals surface area contributed by atoms with Gasteiger partial charge in [-0.15, -0.1) is 0 Å². The number of hydrogen-bond donors (Lipinski definition) is 1. The van der Waals surface area contributed by atoms with Gasteiger partial charge in [0.25, 0.3) is 0 Å². The molecule has 0 unspecified atom stereocenters. The van der Waals surface area contributed by atoms with Crippen molar-refractivity contribution in [2.75, 3.05) is 13.1 Å². The molecule has 1 heterocycles. The van der Waals surface area contributed by atoms with Crippen LogP contribution in [0.4, 0.5) is 4.39 Å². The second kappa shape index (κ2) is 9.26. The van der Waals surface area contributed by atoms with Crippen LogP contribution in [-0.2, 0) is 10.2 Å². The number of halogens is 3. The Morgan fingerprint density at radius 3 is 2.48 bits per heavy atom. The van der Waals surface area contributed by atoms with Crippen molar-refractivity contribution in [1.29, 1.82) is 5.26 Å². The fourth-order valence-corrected chi connectivity index (χ4v) is 5.10. The minimum Gasteiger partial charge on any atom is -0.481 e. The smallest absolute Gasteiger partial charge is 0.314 e. The summed E-state index contributed by atoms with van der Waals surface area (Å²) in [4.78, 5) is 14.6. The van der Waals surface area contributed by atoms with Gasteiger partial charge in [-0.05, 0) is 66.1 Å². The molecule has 168 valence electrons. The maximum atomic E-state index is 14.1. The summed E-state index contributed by atoms with van der Waals surface area (Å²) in [6.45, 7) is 2.66. The minimum atomic E-state index is -1.25. The van der Waals surface area contributed by atoms with Gasteiger partial charge in [0, 0.05) is 28.5 Å².